The molecule has 0 bridgehead atoms. The van der Waals surface area contributed by atoms with E-state index >= 15 is 0 Å². The summed E-state index contributed by atoms with van der Waals surface area (Å²) in [5, 5.41) is 2.69. The first-order valence-electron chi connectivity index (χ1n) is 5.15. The topological polar surface area (TPSA) is 90.4 Å². The molecule has 5 heteroatoms. The molecule has 1 aromatic rings. The van der Waals surface area contributed by atoms with Gasteiger partial charge in [-0.05, 0) is 17.7 Å². The molecule has 0 fully saturated rings. The predicted octanol–water partition coefficient (Wildman–Crippen LogP) is -0.401. The lowest BCUT2D eigenvalue weighted by Gasteiger charge is -2.06. The number of carbonyl (C=O) groups excluding carboxylic acids is 1. The highest BCUT2D eigenvalue weighted by Crippen LogP contribution is 2.11. The van der Waals surface area contributed by atoms with Crippen molar-refractivity contribution in [2.75, 3.05) is 19.7 Å². The van der Waals surface area contributed by atoms with Crippen LogP contribution < -0.4 is 21.5 Å². The van der Waals surface area contributed by atoms with Gasteiger partial charge in [0.2, 0.25) is 5.91 Å². The summed E-state index contributed by atoms with van der Waals surface area (Å²) in [6.07, 6.45) is 0. The second-order valence-corrected chi connectivity index (χ2v) is 3.26. The van der Waals surface area contributed by atoms with E-state index < -0.39 is 0 Å². The van der Waals surface area contributed by atoms with E-state index in [4.69, 9.17) is 16.2 Å². The lowest BCUT2D eigenvalue weighted by molar-refractivity contribution is -0.119. The number of hydrogen-bond donors (Lipinski definition) is 3. The Hall–Kier alpha value is -1.59. The van der Waals surface area contributed by atoms with Crippen molar-refractivity contribution in [1.29, 1.82) is 0 Å². The molecule has 0 radical (unpaired) electrons. The lowest BCUT2D eigenvalue weighted by Crippen LogP contribution is -2.29. The Morgan fingerprint density at radius 1 is 1.25 bits per heavy atom. The minimum absolute atomic E-state index is 0.0116. The molecule has 0 aliphatic rings. The zero-order chi connectivity index (χ0) is 11.8. The summed E-state index contributed by atoms with van der Waals surface area (Å²) >= 11 is 0. The normalized spacial score (nSPS) is 9.88. The number of rotatable bonds is 6. The van der Waals surface area contributed by atoms with E-state index in [1.807, 2.05) is 24.3 Å². The molecule has 5 nitrogen and oxygen atoms in total. The van der Waals surface area contributed by atoms with Crippen molar-refractivity contribution in [3.05, 3.63) is 29.8 Å². The van der Waals surface area contributed by atoms with Gasteiger partial charge in [-0.15, -0.1) is 0 Å². The zero-order valence-electron chi connectivity index (χ0n) is 9.11. The quantitative estimate of drug-likeness (QED) is 0.612. The van der Waals surface area contributed by atoms with Crippen LogP contribution in [0, 0.1) is 0 Å². The van der Waals surface area contributed by atoms with Crippen molar-refractivity contribution >= 4 is 5.91 Å². The number of nitrogens with one attached hydrogen (secondary N) is 1. The smallest absolute Gasteiger partial charge is 0.234 e. The number of benzene rings is 1. The van der Waals surface area contributed by atoms with Gasteiger partial charge in [0.1, 0.15) is 12.4 Å². The maximum absolute atomic E-state index is 10.9. The second-order valence-electron chi connectivity index (χ2n) is 3.26. The van der Waals surface area contributed by atoms with Crippen molar-refractivity contribution in [3.8, 4) is 5.75 Å². The molecule has 0 heterocycles. The molecule has 0 unspecified atom stereocenters. The summed E-state index contributed by atoms with van der Waals surface area (Å²) in [7, 11) is 0. The molecule has 0 saturated carbocycles. The van der Waals surface area contributed by atoms with E-state index in [2.05, 4.69) is 5.32 Å². The number of amides is 1. The van der Waals surface area contributed by atoms with Gasteiger partial charge in [-0.2, -0.15) is 0 Å². The fraction of sp³-hybridized carbons (Fsp3) is 0.364. The van der Waals surface area contributed by atoms with Gasteiger partial charge in [0.15, 0.2) is 0 Å². The third kappa shape index (κ3) is 4.29. The average molecular weight is 223 g/mol. The van der Waals surface area contributed by atoms with Crippen LogP contribution in [-0.4, -0.2) is 25.6 Å². The lowest BCUT2D eigenvalue weighted by atomic mass is 10.2. The number of carbonyl (C=O) groups is 1. The monoisotopic (exact) mass is 223 g/mol. The van der Waals surface area contributed by atoms with Crippen LogP contribution in [0.1, 0.15) is 5.56 Å². The van der Waals surface area contributed by atoms with E-state index in [1.165, 1.54) is 0 Å². The van der Waals surface area contributed by atoms with Crippen LogP contribution in [0.25, 0.3) is 0 Å². The Kier molecular flexibility index (Phi) is 5.31. The first-order valence-corrected chi connectivity index (χ1v) is 5.15. The Labute approximate surface area is 94.8 Å². The Morgan fingerprint density at radius 3 is 2.50 bits per heavy atom. The van der Waals surface area contributed by atoms with Gasteiger partial charge in [-0.3, -0.25) is 4.79 Å². The van der Waals surface area contributed by atoms with Crippen molar-refractivity contribution in [2.45, 2.75) is 6.54 Å². The third-order valence-corrected chi connectivity index (χ3v) is 1.99. The van der Waals surface area contributed by atoms with Crippen LogP contribution in [0.5, 0.6) is 5.75 Å². The molecule has 1 aromatic carbocycles. The van der Waals surface area contributed by atoms with Crippen LogP contribution in [0.3, 0.4) is 0 Å². The summed E-state index contributed by atoms with van der Waals surface area (Å²) in [5.41, 5.74) is 11.5. The van der Waals surface area contributed by atoms with Crippen LogP contribution in [0.4, 0.5) is 0 Å². The molecule has 1 rings (SSSR count). The van der Waals surface area contributed by atoms with Crippen LogP contribution in [0.2, 0.25) is 0 Å². The molecule has 5 N–H and O–H groups in total. The number of nitrogens with two attached hydrogens (primary N) is 2. The Bertz CT molecular complexity index is 325. The molecule has 16 heavy (non-hydrogen) atoms. The van der Waals surface area contributed by atoms with Crippen molar-refractivity contribution in [3.63, 3.8) is 0 Å². The van der Waals surface area contributed by atoms with Gasteiger partial charge in [-0.25, -0.2) is 0 Å². The van der Waals surface area contributed by atoms with E-state index in [0.717, 1.165) is 11.3 Å². The third-order valence-electron chi connectivity index (χ3n) is 1.99. The van der Waals surface area contributed by atoms with Gasteiger partial charge in [0.25, 0.3) is 0 Å². The van der Waals surface area contributed by atoms with Gasteiger partial charge in [0, 0.05) is 13.1 Å². The first-order chi connectivity index (χ1) is 7.76. The van der Waals surface area contributed by atoms with E-state index in [0.29, 0.717) is 19.7 Å². The van der Waals surface area contributed by atoms with Gasteiger partial charge >= 0.3 is 0 Å². The van der Waals surface area contributed by atoms with Crippen molar-refractivity contribution < 1.29 is 9.53 Å². The summed E-state index contributed by atoms with van der Waals surface area (Å²) in [5.74, 6) is 0.614. The maximum atomic E-state index is 10.9. The Balaban J connectivity index is 2.41. The van der Waals surface area contributed by atoms with E-state index in [-0.39, 0.29) is 12.5 Å². The van der Waals surface area contributed by atoms with Crippen molar-refractivity contribution in [1.82, 2.24) is 5.32 Å². The van der Waals surface area contributed by atoms with Gasteiger partial charge < -0.3 is 21.5 Å². The van der Waals surface area contributed by atoms with Crippen LogP contribution in [0.15, 0.2) is 24.3 Å². The average Bonchev–Trinajstić information content (AvgIpc) is 2.34. The SMILES string of the molecule is NCCOc1ccc(CNC(=O)CN)cc1. The second kappa shape index (κ2) is 6.81. The molecule has 0 aliphatic carbocycles. The predicted molar refractivity (Wildman–Crippen MR) is 61.9 cm³/mol. The fourth-order valence-electron chi connectivity index (χ4n) is 1.15. The maximum Gasteiger partial charge on any atom is 0.234 e. The molecule has 1 amide bonds. The summed E-state index contributed by atoms with van der Waals surface area (Å²) in [6.45, 7) is 1.49. The van der Waals surface area contributed by atoms with Crippen molar-refractivity contribution in [2.24, 2.45) is 11.5 Å². The zero-order valence-corrected chi connectivity index (χ0v) is 9.11. The summed E-state index contributed by atoms with van der Waals surface area (Å²) in [6, 6.07) is 7.48. The number of ether oxygens (including phenoxy) is 1. The first kappa shape index (κ1) is 12.5. The molecule has 0 spiro atoms. The molecule has 0 saturated heterocycles. The number of hydrogen-bond acceptors (Lipinski definition) is 4. The van der Waals surface area contributed by atoms with Crippen LogP contribution >= 0.6 is 0 Å². The molecule has 0 aromatic heterocycles. The minimum Gasteiger partial charge on any atom is -0.492 e. The highest BCUT2D eigenvalue weighted by atomic mass is 16.5. The fourth-order valence-corrected chi connectivity index (χ4v) is 1.15. The summed E-state index contributed by atoms with van der Waals surface area (Å²) < 4.78 is 5.32. The minimum atomic E-state index is -0.163. The highest BCUT2D eigenvalue weighted by molar-refractivity contribution is 5.77. The molecule has 88 valence electrons. The van der Waals surface area contributed by atoms with Gasteiger partial charge in [-0.1, -0.05) is 12.1 Å². The van der Waals surface area contributed by atoms with Gasteiger partial charge in [0.05, 0.1) is 6.54 Å². The van der Waals surface area contributed by atoms with E-state index in [1.54, 1.807) is 0 Å². The Morgan fingerprint density at radius 2 is 1.94 bits per heavy atom. The molecule has 0 atom stereocenters. The van der Waals surface area contributed by atoms with E-state index in [9.17, 15) is 4.79 Å². The largest absolute Gasteiger partial charge is 0.492 e. The van der Waals surface area contributed by atoms with Crippen LogP contribution in [-0.2, 0) is 11.3 Å². The standard InChI is InChI=1S/C11H17N3O2/c12-5-6-16-10-3-1-9(2-4-10)8-14-11(15)7-13/h1-4H,5-8,12-13H2,(H,14,15). The highest BCUT2D eigenvalue weighted by Gasteiger charge is 1.98. The molecular formula is C11H17N3O2. The molecule has 0 aliphatic heterocycles. The summed E-state index contributed by atoms with van der Waals surface area (Å²) in [4.78, 5) is 10.9. The molecular weight excluding hydrogens is 206 g/mol.